The maximum atomic E-state index is 12.6. The first-order valence-corrected chi connectivity index (χ1v) is 11.3. The lowest BCUT2D eigenvalue weighted by Crippen LogP contribution is -2.50. The van der Waals surface area contributed by atoms with Crippen molar-refractivity contribution in [3.05, 3.63) is 29.8 Å². The topological polar surface area (TPSA) is 90.7 Å². The normalized spacial score (nSPS) is 16.8. The van der Waals surface area contributed by atoms with Gasteiger partial charge in [0.25, 0.3) is 0 Å². The van der Waals surface area contributed by atoms with Gasteiger partial charge in [-0.3, -0.25) is 4.79 Å². The molecule has 1 aromatic carbocycles. The molecule has 1 fully saturated rings. The second kappa shape index (κ2) is 9.39. The third-order valence-electron chi connectivity index (χ3n) is 4.95. The number of nitrogens with one attached hydrogen (secondary N) is 2. The maximum absolute atomic E-state index is 12.6. The first-order chi connectivity index (χ1) is 13.5. The Hall–Kier alpha value is -2.11. The quantitative estimate of drug-likeness (QED) is 0.639. The Morgan fingerprint density at radius 3 is 2.64 bits per heavy atom. The highest BCUT2D eigenvalue weighted by molar-refractivity contribution is 8.02. The SMILES string of the molecule is CCc1ccc(Nc2nnc(S[C@H](C)C(=O)NC3(C#N)CCCCC3)s2)cc1. The molecular weight excluding hydrogens is 390 g/mol. The van der Waals surface area contributed by atoms with E-state index in [0.29, 0.717) is 5.13 Å². The van der Waals surface area contributed by atoms with Crippen molar-refractivity contribution >= 4 is 39.8 Å². The summed E-state index contributed by atoms with van der Waals surface area (Å²) in [6.07, 6.45) is 5.57. The number of anilines is 2. The second-order valence-electron chi connectivity index (χ2n) is 7.05. The van der Waals surface area contributed by atoms with Crippen LogP contribution in [0.15, 0.2) is 28.6 Å². The maximum Gasteiger partial charge on any atom is 0.234 e. The van der Waals surface area contributed by atoms with Crippen LogP contribution >= 0.6 is 23.1 Å². The van der Waals surface area contributed by atoms with Crippen LogP contribution in [0.2, 0.25) is 0 Å². The number of thioether (sulfide) groups is 1. The summed E-state index contributed by atoms with van der Waals surface area (Å²) in [5, 5.41) is 24.5. The molecular formula is C20H25N5OS2. The number of aryl methyl sites for hydroxylation is 1. The molecule has 1 aliphatic carbocycles. The van der Waals surface area contributed by atoms with Crippen molar-refractivity contribution in [2.45, 2.75) is 67.5 Å². The summed E-state index contributed by atoms with van der Waals surface area (Å²) in [7, 11) is 0. The van der Waals surface area contributed by atoms with E-state index in [1.807, 2.05) is 19.1 Å². The van der Waals surface area contributed by atoms with Crippen LogP contribution in [0.1, 0.15) is 51.5 Å². The highest BCUT2D eigenvalue weighted by atomic mass is 32.2. The van der Waals surface area contributed by atoms with E-state index >= 15 is 0 Å². The predicted molar refractivity (Wildman–Crippen MR) is 114 cm³/mol. The molecule has 0 radical (unpaired) electrons. The molecule has 0 unspecified atom stereocenters. The van der Waals surface area contributed by atoms with E-state index in [9.17, 15) is 10.1 Å². The number of carbonyl (C=O) groups excluding carboxylic acids is 1. The van der Waals surface area contributed by atoms with Gasteiger partial charge in [-0.05, 0) is 43.9 Å². The summed E-state index contributed by atoms with van der Waals surface area (Å²) < 4.78 is 0.727. The Morgan fingerprint density at radius 2 is 2.00 bits per heavy atom. The molecule has 1 atom stereocenters. The molecule has 6 nitrogen and oxygen atoms in total. The van der Waals surface area contributed by atoms with E-state index < -0.39 is 5.54 Å². The molecule has 1 saturated carbocycles. The minimum absolute atomic E-state index is 0.117. The second-order valence-corrected chi connectivity index (χ2v) is 9.62. The molecule has 2 N–H and O–H groups in total. The summed E-state index contributed by atoms with van der Waals surface area (Å²) >= 11 is 2.79. The number of rotatable bonds is 7. The van der Waals surface area contributed by atoms with Crippen molar-refractivity contribution in [3.8, 4) is 6.07 Å². The molecule has 2 aromatic rings. The van der Waals surface area contributed by atoms with Crippen LogP contribution in [0.3, 0.4) is 0 Å². The fourth-order valence-electron chi connectivity index (χ4n) is 3.22. The van der Waals surface area contributed by atoms with Gasteiger partial charge in [0.15, 0.2) is 4.34 Å². The van der Waals surface area contributed by atoms with Crippen LogP contribution in [0.5, 0.6) is 0 Å². The van der Waals surface area contributed by atoms with Crippen LogP contribution in [-0.4, -0.2) is 26.9 Å². The van der Waals surface area contributed by atoms with Crippen LogP contribution in [0.25, 0.3) is 0 Å². The van der Waals surface area contributed by atoms with Gasteiger partial charge in [-0.15, -0.1) is 10.2 Å². The molecule has 1 aromatic heterocycles. The summed E-state index contributed by atoms with van der Waals surface area (Å²) in [5.74, 6) is -0.117. The first-order valence-electron chi connectivity index (χ1n) is 9.63. The standard InChI is InChI=1S/C20H25N5OS2/c1-3-15-7-9-16(10-8-15)22-18-24-25-19(28-18)27-14(2)17(26)23-20(13-21)11-5-4-6-12-20/h7-10,14H,3-6,11-12H2,1-2H3,(H,22,24)(H,23,26)/t14-/m1/s1. The third-order valence-corrected chi connectivity index (χ3v) is 6.97. The number of amides is 1. The average Bonchev–Trinajstić information content (AvgIpc) is 3.16. The molecule has 8 heteroatoms. The largest absolute Gasteiger partial charge is 0.337 e. The number of carbonyl (C=O) groups is 1. The minimum Gasteiger partial charge on any atom is -0.337 e. The first kappa shape index (κ1) is 20.6. The van der Waals surface area contributed by atoms with Crippen molar-refractivity contribution in [3.63, 3.8) is 0 Å². The number of hydrogen-bond donors (Lipinski definition) is 2. The lowest BCUT2D eigenvalue weighted by Gasteiger charge is -2.32. The number of nitriles is 1. The number of hydrogen-bond acceptors (Lipinski definition) is 7. The van der Waals surface area contributed by atoms with Gasteiger partial charge in [0.2, 0.25) is 11.0 Å². The van der Waals surface area contributed by atoms with Gasteiger partial charge >= 0.3 is 0 Å². The number of nitrogens with zero attached hydrogens (tertiary/aromatic N) is 3. The molecule has 148 valence electrons. The lowest BCUT2D eigenvalue weighted by molar-refractivity contribution is -0.121. The lowest BCUT2D eigenvalue weighted by atomic mass is 9.83. The number of benzene rings is 1. The van der Waals surface area contributed by atoms with Gasteiger partial charge in [0, 0.05) is 5.69 Å². The van der Waals surface area contributed by atoms with E-state index in [4.69, 9.17) is 0 Å². The summed E-state index contributed by atoms with van der Waals surface area (Å²) in [4.78, 5) is 12.6. The van der Waals surface area contributed by atoms with Crippen LogP contribution in [0.4, 0.5) is 10.8 Å². The smallest absolute Gasteiger partial charge is 0.234 e. The summed E-state index contributed by atoms with van der Waals surface area (Å²) in [6.45, 7) is 3.96. The monoisotopic (exact) mass is 415 g/mol. The Labute approximate surface area is 174 Å². The molecule has 1 amide bonds. The van der Waals surface area contributed by atoms with Crippen LogP contribution in [0, 0.1) is 11.3 Å². The zero-order chi connectivity index (χ0) is 20.0. The highest BCUT2D eigenvalue weighted by Crippen LogP contribution is 2.32. The Kier molecular flexibility index (Phi) is 6.92. The van der Waals surface area contributed by atoms with Crippen molar-refractivity contribution in [1.82, 2.24) is 15.5 Å². The van der Waals surface area contributed by atoms with Gasteiger partial charge in [0.05, 0.1) is 11.3 Å². The summed E-state index contributed by atoms with van der Waals surface area (Å²) in [6, 6.07) is 10.5. The van der Waals surface area contributed by atoms with Crippen LogP contribution < -0.4 is 10.6 Å². The number of aromatic nitrogens is 2. The Morgan fingerprint density at radius 1 is 1.29 bits per heavy atom. The fourth-order valence-corrected chi connectivity index (χ4v) is 5.13. The van der Waals surface area contributed by atoms with E-state index in [-0.39, 0.29) is 11.2 Å². The van der Waals surface area contributed by atoms with Gasteiger partial charge in [-0.1, -0.05) is 61.4 Å². The zero-order valence-electron chi connectivity index (χ0n) is 16.2. The Balaban J connectivity index is 1.56. The molecule has 1 heterocycles. The molecule has 0 bridgehead atoms. The predicted octanol–water partition coefficient (Wildman–Crippen LogP) is 4.67. The molecule has 0 saturated heterocycles. The summed E-state index contributed by atoms with van der Waals surface area (Å²) in [5.41, 5.74) is 1.54. The van der Waals surface area contributed by atoms with Crippen molar-refractivity contribution in [2.24, 2.45) is 0 Å². The molecule has 28 heavy (non-hydrogen) atoms. The molecule has 0 aliphatic heterocycles. The van der Waals surface area contributed by atoms with E-state index in [1.54, 1.807) is 0 Å². The zero-order valence-corrected chi connectivity index (χ0v) is 17.8. The van der Waals surface area contributed by atoms with E-state index in [0.717, 1.165) is 48.6 Å². The van der Waals surface area contributed by atoms with Gasteiger partial charge in [-0.25, -0.2) is 0 Å². The highest BCUT2D eigenvalue weighted by Gasteiger charge is 2.35. The van der Waals surface area contributed by atoms with E-state index in [2.05, 4.69) is 46.0 Å². The van der Waals surface area contributed by atoms with Gasteiger partial charge in [0.1, 0.15) is 5.54 Å². The molecule has 0 spiro atoms. The van der Waals surface area contributed by atoms with Crippen molar-refractivity contribution in [2.75, 3.05) is 5.32 Å². The molecule has 3 rings (SSSR count). The van der Waals surface area contributed by atoms with Crippen LogP contribution in [-0.2, 0) is 11.2 Å². The third kappa shape index (κ3) is 5.24. The van der Waals surface area contributed by atoms with Gasteiger partial charge < -0.3 is 10.6 Å². The van der Waals surface area contributed by atoms with Crippen molar-refractivity contribution < 1.29 is 4.79 Å². The average molecular weight is 416 g/mol. The minimum atomic E-state index is -0.706. The molecule has 1 aliphatic rings. The van der Waals surface area contributed by atoms with Gasteiger partial charge in [-0.2, -0.15) is 5.26 Å². The van der Waals surface area contributed by atoms with Crippen molar-refractivity contribution in [1.29, 1.82) is 5.26 Å². The fraction of sp³-hybridized carbons (Fsp3) is 0.500. The Bertz CT molecular complexity index is 837. The van der Waals surface area contributed by atoms with E-state index in [1.165, 1.54) is 28.7 Å².